The molecule has 1 N–H and O–H groups in total. The van der Waals surface area contributed by atoms with Gasteiger partial charge in [0.2, 0.25) is 0 Å². The lowest BCUT2D eigenvalue weighted by Crippen LogP contribution is -2.11. The fourth-order valence-electron chi connectivity index (χ4n) is 1.93. The van der Waals surface area contributed by atoms with Crippen LogP contribution in [0.5, 0.6) is 0 Å². The summed E-state index contributed by atoms with van der Waals surface area (Å²) in [5, 5.41) is 6.12. The second-order valence-electron chi connectivity index (χ2n) is 3.87. The number of aryl methyl sites for hydroxylation is 1. The summed E-state index contributed by atoms with van der Waals surface area (Å²) in [4.78, 5) is 0. The number of rotatable bonds is 3. The number of hydrogen-bond donors (Lipinski definition) is 1. The zero-order chi connectivity index (χ0) is 10.7. The Morgan fingerprint density at radius 2 is 1.73 bits per heavy atom. The highest BCUT2D eigenvalue weighted by Crippen LogP contribution is 2.21. The zero-order valence-corrected chi connectivity index (χ0v) is 9.38. The number of hydrogen-bond acceptors (Lipinski definition) is 1. The first-order valence-electron chi connectivity index (χ1n) is 5.51. The molecule has 2 aromatic carbocycles. The van der Waals surface area contributed by atoms with Crippen LogP contribution in [0.25, 0.3) is 10.8 Å². The average Bonchev–Trinajstić information content (AvgIpc) is 2.29. The first kappa shape index (κ1) is 10.2. The fraction of sp³-hybridized carbons (Fsp3) is 0.286. The lowest BCUT2D eigenvalue weighted by atomic mass is 10.0. The maximum Gasteiger partial charge on any atom is 0.0211 e. The van der Waals surface area contributed by atoms with E-state index in [0.29, 0.717) is 0 Å². The summed E-state index contributed by atoms with van der Waals surface area (Å²) in [7, 11) is 0. The first-order chi connectivity index (χ1) is 7.33. The van der Waals surface area contributed by atoms with Gasteiger partial charge in [-0.05, 0) is 35.4 Å². The largest absolute Gasteiger partial charge is 0.313 e. The summed E-state index contributed by atoms with van der Waals surface area (Å²) in [6.07, 6.45) is 0. The van der Waals surface area contributed by atoms with Crippen molar-refractivity contribution in [1.29, 1.82) is 0 Å². The molecule has 0 aromatic heterocycles. The topological polar surface area (TPSA) is 12.0 Å². The summed E-state index contributed by atoms with van der Waals surface area (Å²) in [6, 6.07) is 13.0. The molecule has 2 rings (SSSR count). The molecule has 0 aliphatic heterocycles. The normalized spacial score (nSPS) is 10.8. The maximum atomic E-state index is 3.38. The molecule has 15 heavy (non-hydrogen) atoms. The summed E-state index contributed by atoms with van der Waals surface area (Å²) < 4.78 is 0. The van der Waals surface area contributed by atoms with Crippen LogP contribution < -0.4 is 5.32 Å². The van der Waals surface area contributed by atoms with Gasteiger partial charge in [-0.25, -0.2) is 0 Å². The average molecular weight is 199 g/mol. The van der Waals surface area contributed by atoms with Crippen molar-refractivity contribution >= 4 is 10.8 Å². The van der Waals surface area contributed by atoms with Gasteiger partial charge in [0.05, 0.1) is 0 Å². The predicted octanol–water partition coefficient (Wildman–Crippen LogP) is 3.26. The van der Waals surface area contributed by atoms with Crippen LogP contribution >= 0.6 is 0 Å². The third-order valence-corrected chi connectivity index (χ3v) is 2.80. The maximum absolute atomic E-state index is 3.38. The Morgan fingerprint density at radius 3 is 2.47 bits per heavy atom. The third kappa shape index (κ3) is 2.02. The van der Waals surface area contributed by atoms with Crippen LogP contribution in [0.4, 0.5) is 0 Å². The molecular formula is C14H17N. The van der Waals surface area contributed by atoms with Gasteiger partial charge >= 0.3 is 0 Å². The Hall–Kier alpha value is -1.34. The van der Waals surface area contributed by atoms with Crippen LogP contribution in [0.1, 0.15) is 18.1 Å². The Balaban J connectivity index is 2.51. The molecule has 1 heteroatoms. The fourth-order valence-corrected chi connectivity index (χ4v) is 1.93. The molecule has 0 heterocycles. The van der Waals surface area contributed by atoms with Gasteiger partial charge in [0.1, 0.15) is 0 Å². The third-order valence-electron chi connectivity index (χ3n) is 2.80. The molecule has 0 amide bonds. The molecule has 0 atom stereocenters. The van der Waals surface area contributed by atoms with E-state index in [0.717, 1.165) is 13.1 Å². The van der Waals surface area contributed by atoms with Crippen molar-refractivity contribution in [2.24, 2.45) is 0 Å². The molecule has 0 radical (unpaired) electrons. The molecule has 0 fully saturated rings. The van der Waals surface area contributed by atoms with Crippen molar-refractivity contribution in [3.63, 3.8) is 0 Å². The zero-order valence-electron chi connectivity index (χ0n) is 9.38. The molecular weight excluding hydrogens is 182 g/mol. The van der Waals surface area contributed by atoms with E-state index in [2.05, 4.69) is 55.6 Å². The molecule has 0 aliphatic carbocycles. The lowest BCUT2D eigenvalue weighted by molar-refractivity contribution is 0.730. The number of benzene rings is 2. The van der Waals surface area contributed by atoms with Crippen molar-refractivity contribution in [3.8, 4) is 0 Å². The monoisotopic (exact) mass is 199 g/mol. The smallest absolute Gasteiger partial charge is 0.0211 e. The molecule has 1 nitrogen and oxygen atoms in total. The molecule has 0 saturated carbocycles. The summed E-state index contributed by atoms with van der Waals surface area (Å²) in [5.41, 5.74) is 2.74. The van der Waals surface area contributed by atoms with E-state index in [9.17, 15) is 0 Å². The summed E-state index contributed by atoms with van der Waals surface area (Å²) in [5.74, 6) is 0. The van der Waals surface area contributed by atoms with Gasteiger partial charge in [0.25, 0.3) is 0 Å². The van der Waals surface area contributed by atoms with Gasteiger partial charge in [-0.1, -0.05) is 43.3 Å². The minimum atomic E-state index is 0.956. The lowest BCUT2D eigenvalue weighted by Gasteiger charge is -2.09. The van der Waals surface area contributed by atoms with Crippen LogP contribution in [0.15, 0.2) is 36.4 Å². The van der Waals surface area contributed by atoms with Gasteiger partial charge in [-0.3, -0.25) is 0 Å². The van der Waals surface area contributed by atoms with E-state index < -0.39 is 0 Å². The van der Waals surface area contributed by atoms with Crippen molar-refractivity contribution in [2.45, 2.75) is 20.4 Å². The van der Waals surface area contributed by atoms with Crippen molar-refractivity contribution in [2.75, 3.05) is 6.54 Å². The van der Waals surface area contributed by atoms with E-state index in [-0.39, 0.29) is 0 Å². The minimum Gasteiger partial charge on any atom is -0.313 e. The first-order valence-corrected chi connectivity index (χ1v) is 5.51. The van der Waals surface area contributed by atoms with Crippen LogP contribution in [0.3, 0.4) is 0 Å². The van der Waals surface area contributed by atoms with Gasteiger partial charge in [0.15, 0.2) is 0 Å². The SMILES string of the molecule is CCNCc1ccc(C)c2ccccc12. The summed E-state index contributed by atoms with van der Waals surface area (Å²) in [6.45, 7) is 6.27. The Labute approximate surface area is 91.1 Å². The molecule has 0 aliphatic rings. The predicted molar refractivity (Wildman–Crippen MR) is 66.1 cm³/mol. The van der Waals surface area contributed by atoms with Crippen molar-refractivity contribution in [3.05, 3.63) is 47.5 Å². The quantitative estimate of drug-likeness (QED) is 0.800. The molecule has 2 aromatic rings. The van der Waals surface area contributed by atoms with Crippen molar-refractivity contribution < 1.29 is 0 Å². The molecule has 0 unspecified atom stereocenters. The van der Waals surface area contributed by atoms with E-state index in [1.165, 1.54) is 21.9 Å². The standard InChI is InChI=1S/C14H17N/c1-3-15-10-12-9-8-11(2)13-6-4-5-7-14(12)13/h4-9,15H,3,10H2,1-2H3. The van der Waals surface area contributed by atoms with Gasteiger partial charge < -0.3 is 5.32 Å². The molecule has 0 saturated heterocycles. The van der Waals surface area contributed by atoms with E-state index in [1.54, 1.807) is 0 Å². The molecule has 0 bridgehead atoms. The Kier molecular flexibility index (Phi) is 3.02. The van der Waals surface area contributed by atoms with Crippen LogP contribution in [-0.2, 0) is 6.54 Å². The van der Waals surface area contributed by atoms with Gasteiger partial charge in [0, 0.05) is 6.54 Å². The highest BCUT2D eigenvalue weighted by atomic mass is 14.8. The molecule has 78 valence electrons. The highest BCUT2D eigenvalue weighted by Gasteiger charge is 2.01. The van der Waals surface area contributed by atoms with E-state index in [1.807, 2.05) is 0 Å². The molecule has 0 spiro atoms. The summed E-state index contributed by atoms with van der Waals surface area (Å²) >= 11 is 0. The number of nitrogens with one attached hydrogen (secondary N) is 1. The van der Waals surface area contributed by atoms with Gasteiger partial charge in [-0.15, -0.1) is 0 Å². The Morgan fingerprint density at radius 1 is 1.00 bits per heavy atom. The van der Waals surface area contributed by atoms with Crippen molar-refractivity contribution in [1.82, 2.24) is 5.32 Å². The van der Waals surface area contributed by atoms with Crippen LogP contribution in [0.2, 0.25) is 0 Å². The van der Waals surface area contributed by atoms with E-state index in [4.69, 9.17) is 0 Å². The Bertz CT molecular complexity index is 460. The van der Waals surface area contributed by atoms with Gasteiger partial charge in [-0.2, -0.15) is 0 Å². The second kappa shape index (κ2) is 4.45. The highest BCUT2D eigenvalue weighted by molar-refractivity contribution is 5.88. The second-order valence-corrected chi connectivity index (χ2v) is 3.87. The van der Waals surface area contributed by atoms with E-state index >= 15 is 0 Å². The van der Waals surface area contributed by atoms with Crippen LogP contribution in [0, 0.1) is 6.92 Å². The number of fused-ring (bicyclic) bond motifs is 1. The van der Waals surface area contributed by atoms with Crippen LogP contribution in [-0.4, -0.2) is 6.54 Å². The minimum absolute atomic E-state index is 0.956.